The van der Waals surface area contributed by atoms with Crippen molar-refractivity contribution in [3.63, 3.8) is 0 Å². The standard InChI is InChI=1S/C17H18N2O4/c20-16(18-10-13-11-22-8-9-23-13)14-6-7-15(19-17(14)21)12-4-2-1-3-5-12/h1-7,13H,8-11H2,(H,18,20)(H,19,21)/t13-/m1/s1. The fourth-order valence-corrected chi connectivity index (χ4v) is 2.39. The Morgan fingerprint density at radius 3 is 2.70 bits per heavy atom. The first kappa shape index (κ1) is 15.5. The summed E-state index contributed by atoms with van der Waals surface area (Å²) < 4.78 is 10.7. The molecule has 1 atom stereocenters. The van der Waals surface area contributed by atoms with Crippen molar-refractivity contribution in [2.45, 2.75) is 6.10 Å². The van der Waals surface area contributed by atoms with E-state index in [-0.39, 0.29) is 11.7 Å². The Balaban J connectivity index is 1.68. The summed E-state index contributed by atoms with van der Waals surface area (Å²) in [4.78, 5) is 27.0. The summed E-state index contributed by atoms with van der Waals surface area (Å²) in [5, 5.41) is 2.70. The van der Waals surface area contributed by atoms with Crippen LogP contribution >= 0.6 is 0 Å². The summed E-state index contributed by atoms with van der Waals surface area (Å²) in [6.07, 6.45) is -0.171. The van der Waals surface area contributed by atoms with E-state index in [0.717, 1.165) is 5.56 Å². The van der Waals surface area contributed by atoms with Gasteiger partial charge in [0.05, 0.1) is 25.9 Å². The number of carbonyl (C=O) groups excluding carboxylic acids is 1. The van der Waals surface area contributed by atoms with Gasteiger partial charge in [-0.05, 0) is 17.7 Å². The van der Waals surface area contributed by atoms with Gasteiger partial charge in [0, 0.05) is 12.2 Å². The highest BCUT2D eigenvalue weighted by molar-refractivity contribution is 5.94. The van der Waals surface area contributed by atoms with Crippen LogP contribution in [0.4, 0.5) is 0 Å². The normalized spacial score (nSPS) is 17.7. The van der Waals surface area contributed by atoms with Crippen molar-refractivity contribution in [2.75, 3.05) is 26.4 Å². The number of pyridine rings is 1. The largest absolute Gasteiger partial charge is 0.376 e. The molecule has 1 amide bonds. The highest BCUT2D eigenvalue weighted by Crippen LogP contribution is 2.14. The number of amides is 1. The van der Waals surface area contributed by atoms with E-state index >= 15 is 0 Å². The summed E-state index contributed by atoms with van der Waals surface area (Å²) in [6.45, 7) is 1.86. The van der Waals surface area contributed by atoms with Gasteiger partial charge in [0.25, 0.3) is 11.5 Å². The minimum atomic E-state index is -0.417. The molecular weight excluding hydrogens is 296 g/mol. The van der Waals surface area contributed by atoms with Crippen LogP contribution < -0.4 is 10.9 Å². The number of carbonyl (C=O) groups is 1. The molecule has 23 heavy (non-hydrogen) atoms. The third kappa shape index (κ3) is 3.85. The number of hydrogen-bond donors (Lipinski definition) is 2. The Labute approximate surface area is 133 Å². The first-order valence-electron chi connectivity index (χ1n) is 7.50. The zero-order valence-corrected chi connectivity index (χ0v) is 12.6. The topological polar surface area (TPSA) is 80.4 Å². The molecule has 1 aromatic carbocycles. The number of hydrogen-bond acceptors (Lipinski definition) is 4. The maximum Gasteiger partial charge on any atom is 0.261 e. The number of benzene rings is 1. The zero-order valence-electron chi connectivity index (χ0n) is 12.6. The average molecular weight is 314 g/mol. The van der Waals surface area contributed by atoms with Gasteiger partial charge in [0.2, 0.25) is 0 Å². The third-order valence-corrected chi connectivity index (χ3v) is 3.61. The molecule has 6 heteroatoms. The molecule has 1 aliphatic heterocycles. The Morgan fingerprint density at radius 2 is 2.00 bits per heavy atom. The van der Waals surface area contributed by atoms with Crippen molar-refractivity contribution < 1.29 is 14.3 Å². The minimum Gasteiger partial charge on any atom is -0.376 e. The fraction of sp³-hybridized carbons (Fsp3) is 0.294. The Bertz CT molecular complexity index is 721. The second kappa shape index (κ2) is 7.21. The Morgan fingerprint density at radius 1 is 1.17 bits per heavy atom. The molecule has 3 rings (SSSR count). The van der Waals surface area contributed by atoms with E-state index in [9.17, 15) is 9.59 Å². The molecule has 2 aromatic rings. The number of aromatic nitrogens is 1. The van der Waals surface area contributed by atoms with Gasteiger partial charge >= 0.3 is 0 Å². The molecule has 1 fully saturated rings. The van der Waals surface area contributed by atoms with Gasteiger partial charge in [0.15, 0.2) is 0 Å². The predicted octanol–water partition coefficient (Wildman–Crippen LogP) is 1.19. The summed E-state index contributed by atoms with van der Waals surface area (Å²) in [5.41, 5.74) is 1.24. The highest BCUT2D eigenvalue weighted by atomic mass is 16.6. The van der Waals surface area contributed by atoms with E-state index < -0.39 is 11.5 Å². The van der Waals surface area contributed by atoms with Gasteiger partial charge in [0.1, 0.15) is 5.56 Å². The number of aromatic amines is 1. The maximum atomic E-state index is 12.1. The SMILES string of the molecule is O=C(NC[C@@H]1COCCO1)c1ccc(-c2ccccc2)[nH]c1=O. The molecular formula is C17H18N2O4. The van der Waals surface area contributed by atoms with Gasteiger partial charge in [-0.1, -0.05) is 30.3 Å². The summed E-state index contributed by atoms with van der Waals surface area (Å²) >= 11 is 0. The van der Waals surface area contributed by atoms with Crippen LogP contribution in [0.1, 0.15) is 10.4 Å². The molecule has 1 saturated heterocycles. The number of nitrogens with one attached hydrogen (secondary N) is 2. The summed E-state index contributed by atoms with van der Waals surface area (Å²) in [7, 11) is 0. The van der Waals surface area contributed by atoms with Crippen molar-refractivity contribution in [2.24, 2.45) is 0 Å². The molecule has 1 aliphatic rings. The third-order valence-electron chi connectivity index (χ3n) is 3.61. The zero-order chi connectivity index (χ0) is 16.1. The van der Waals surface area contributed by atoms with Crippen molar-refractivity contribution in [3.8, 4) is 11.3 Å². The lowest BCUT2D eigenvalue weighted by Gasteiger charge is -2.22. The average Bonchev–Trinajstić information content (AvgIpc) is 2.61. The molecule has 0 aliphatic carbocycles. The van der Waals surface area contributed by atoms with Crippen molar-refractivity contribution in [1.82, 2.24) is 10.3 Å². The van der Waals surface area contributed by atoms with Crippen molar-refractivity contribution in [3.05, 3.63) is 58.4 Å². The fourth-order valence-electron chi connectivity index (χ4n) is 2.39. The molecule has 2 heterocycles. The van der Waals surface area contributed by atoms with E-state index in [1.807, 2.05) is 30.3 Å². The number of H-pyrrole nitrogens is 1. The molecule has 2 N–H and O–H groups in total. The van der Waals surface area contributed by atoms with Crippen molar-refractivity contribution in [1.29, 1.82) is 0 Å². The summed E-state index contributed by atoms with van der Waals surface area (Å²) in [6, 6.07) is 12.7. The monoisotopic (exact) mass is 314 g/mol. The first-order chi connectivity index (χ1) is 11.2. The highest BCUT2D eigenvalue weighted by Gasteiger charge is 2.17. The van der Waals surface area contributed by atoms with E-state index in [4.69, 9.17) is 9.47 Å². The van der Waals surface area contributed by atoms with Gasteiger partial charge in [-0.2, -0.15) is 0 Å². The van der Waals surface area contributed by atoms with Crippen LogP contribution in [0.15, 0.2) is 47.3 Å². The lowest BCUT2D eigenvalue weighted by atomic mass is 10.1. The lowest BCUT2D eigenvalue weighted by molar-refractivity contribution is -0.0855. The smallest absolute Gasteiger partial charge is 0.261 e. The van der Waals surface area contributed by atoms with E-state index in [1.54, 1.807) is 6.07 Å². The van der Waals surface area contributed by atoms with Gasteiger partial charge in [-0.25, -0.2) is 0 Å². The molecule has 1 aromatic heterocycles. The second-order valence-electron chi connectivity index (χ2n) is 5.26. The van der Waals surface area contributed by atoms with Crippen LogP contribution in [0, 0.1) is 0 Å². The number of rotatable bonds is 4. The van der Waals surface area contributed by atoms with Crippen LogP contribution in [0.3, 0.4) is 0 Å². The summed E-state index contributed by atoms with van der Waals surface area (Å²) in [5.74, 6) is -0.417. The van der Waals surface area contributed by atoms with Crippen LogP contribution in [-0.2, 0) is 9.47 Å². The number of ether oxygens (including phenoxy) is 2. The van der Waals surface area contributed by atoms with E-state index in [2.05, 4.69) is 10.3 Å². The minimum absolute atomic E-state index is 0.0846. The van der Waals surface area contributed by atoms with Crippen molar-refractivity contribution >= 4 is 5.91 Å². The molecule has 0 radical (unpaired) electrons. The molecule has 0 bridgehead atoms. The molecule has 0 spiro atoms. The van der Waals surface area contributed by atoms with E-state index in [0.29, 0.717) is 32.1 Å². The molecule has 120 valence electrons. The van der Waals surface area contributed by atoms with Gasteiger partial charge in [-0.3, -0.25) is 9.59 Å². The Kier molecular flexibility index (Phi) is 4.85. The van der Waals surface area contributed by atoms with Gasteiger partial charge < -0.3 is 19.8 Å². The van der Waals surface area contributed by atoms with E-state index in [1.165, 1.54) is 6.07 Å². The predicted molar refractivity (Wildman–Crippen MR) is 85.4 cm³/mol. The van der Waals surface area contributed by atoms with Crippen LogP contribution in [-0.4, -0.2) is 43.4 Å². The van der Waals surface area contributed by atoms with Crippen LogP contribution in [0.5, 0.6) is 0 Å². The molecule has 0 unspecified atom stereocenters. The van der Waals surface area contributed by atoms with Crippen LogP contribution in [0.25, 0.3) is 11.3 Å². The van der Waals surface area contributed by atoms with Crippen LogP contribution in [0.2, 0.25) is 0 Å². The van der Waals surface area contributed by atoms with Gasteiger partial charge in [-0.15, -0.1) is 0 Å². The Hall–Kier alpha value is -2.44. The molecule has 0 saturated carbocycles. The first-order valence-corrected chi connectivity index (χ1v) is 7.50. The lowest BCUT2D eigenvalue weighted by Crippen LogP contribution is -2.40. The second-order valence-corrected chi connectivity index (χ2v) is 5.26. The maximum absolute atomic E-state index is 12.1. The quantitative estimate of drug-likeness (QED) is 0.888. The molecule has 6 nitrogen and oxygen atoms in total.